The highest BCUT2D eigenvalue weighted by Crippen LogP contribution is 2.29. The van der Waals surface area contributed by atoms with Gasteiger partial charge in [-0.2, -0.15) is 0 Å². The van der Waals surface area contributed by atoms with E-state index in [1.165, 1.54) is 23.9 Å². The Balaban J connectivity index is 2.40. The first-order chi connectivity index (χ1) is 8.49. The van der Waals surface area contributed by atoms with E-state index in [1.807, 2.05) is 18.5 Å². The van der Waals surface area contributed by atoms with Crippen molar-refractivity contribution in [2.75, 3.05) is 0 Å². The van der Waals surface area contributed by atoms with Crippen LogP contribution in [0.5, 0.6) is 0 Å². The highest BCUT2D eigenvalue weighted by molar-refractivity contribution is 7.99. The summed E-state index contributed by atoms with van der Waals surface area (Å²) in [6.07, 6.45) is 0. The zero-order chi connectivity index (χ0) is 13.3. The van der Waals surface area contributed by atoms with E-state index in [0.29, 0.717) is 15.6 Å². The summed E-state index contributed by atoms with van der Waals surface area (Å²) < 4.78 is 15.0. The molecule has 2 aromatic rings. The number of amidine groups is 1. The molecule has 5 nitrogen and oxygen atoms in total. The van der Waals surface area contributed by atoms with Crippen LogP contribution in [0, 0.1) is 18.2 Å². The molecule has 0 aliphatic rings. The summed E-state index contributed by atoms with van der Waals surface area (Å²) in [5.41, 5.74) is 5.80. The van der Waals surface area contributed by atoms with E-state index in [9.17, 15) is 4.39 Å². The van der Waals surface area contributed by atoms with Gasteiger partial charge in [0.15, 0.2) is 5.16 Å². The van der Waals surface area contributed by atoms with E-state index < -0.39 is 5.82 Å². The summed E-state index contributed by atoms with van der Waals surface area (Å²) in [7, 11) is 1.84. The van der Waals surface area contributed by atoms with Crippen LogP contribution in [0.2, 0.25) is 0 Å². The third-order valence-corrected chi connectivity index (χ3v) is 3.60. The van der Waals surface area contributed by atoms with Crippen LogP contribution in [-0.2, 0) is 7.05 Å². The molecule has 0 bridgehead atoms. The molecule has 0 amide bonds. The summed E-state index contributed by atoms with van der Waals surface area (Å²) in [5.74, 6) is 0.193. The van der Waals surface area contributed by atoms with Crippen molar-refractivity contribution < 1.29 is 4.39 Å². The van der Waals surface area contributed by atoms with Gasteiger partial charge in [-0.3, -0.25) is 5.41 Å². The van der Waals surface area contributed by atoms with Crippen molar-refractivity contribution in [2.45, 2.75) is 17.0 Å². The molecular weight excluding hydrogens is 253 g/mol. The van der Waals surface area contributed by atoms with Crippen molar-refractivity contribution in [1.82, 2.24) is 14.8 Å². The van der Waals surface area contributed by atoms with E-state index in [-0.39, 0.29) is 5.84 Å². The van der Waals surface area contributed by atoms with Gasteiger partial charge in [0.2, 0.25) is 0 Å². The first kappa shape index (κ1) is 12.6. The maximum Gasteiger partial charge on any atom is 0.195 e. The molecule has 0 unspecified atom stereocenters. The molecule has 0 atom stereocenters. The number of aryl methyl sites for hydroxylation is 1. The Morgan fingerprint density at radius 2 is 2.17 bits per heavy atom. The number of hydrogen-bond acceptors (Lipinski definition) is 4. The van der Waals surface area contributed by atoms with E-state index in [4.69, 9.17) is 11.1 Å². The maximum absolute atomic E-state index is 13.1. The minimum Gasteiger partial charge on any atom is -0.384 e. The van der Waals surface area contributed by atoms with Gasteiger partial charge in [-0.15, -0.1) is 10.2 Å². The zero-order valence-corrected chi connectivity index (χ0v) is 10.8. The van der Waals surface area contributed by atoms with Crippen LogP contribution in [0.1, 0.15) is 11.4 Å². The molecule has 0 fully saturated rings. The highest BCUT2D eigenvalue weighted by Gasteiger charge is 2.12. The van der Waals surface area contributed by atoms with Gasteiger partial charge in [-0.1, -0.05) is 0 Å². The summed E-state index contributed by atoms with van der Waals surface area (Å²) >= 11 is 1.30. The number of nitrogens with zero attached hydrogens (tertiary/aromatic N) is 3. The van der Waals surface area contributed by atoms with Crippen molar-refractivity contribution in [1.29, 1.82) is 5.41 Å². The molecule has 0 aliphatic heterocycles. The SMILES string of the molecule is Cc1nnc(Sc2ccc(F)cc2C(=N)N)n1C. The number of nitrogens with one attached hydrogen (secondary N) is 1. The minimum atomic E-state index is -0.418. The molecular formula is C11H12FN5S. The van der Waals surface area contributed by atoms with Crippen molar-refractivity contribution in [2.24, 2.45) is 12.8 Å². The molecule has 1 heterocycles. The fourth-order valence-electron chi connectivity index (χ4n) is 1.38. The molecule has 1 aromatic heterocycles. The molecule has 7 heteroatoms. The third kappa shape index (κ3) is 2.35. The van der Waals surface area contributed by atoms with E-state index in [1.54, 1.807) is 6.07 Å². The number of hydrogen-bond donors (Lipinski definition) is 2. The van der Waals surface area contributed by atoms with Gasteiger partial charge in [0.25, 0.3) is 0 Å². The van der Waals surface area contributed by atoms with Crippen molar-refractivity contribution >= 4 is 17.6 Å². The number of rotatable bonds is 3. The molecule has 0 radical (unpaired) electrons. The van der Waals surface area contributed by atoms with Crippen molar-refractivity contribution in [3.63, 3.8) is 0 Å². The van der Waals surface area contributed by atoms with Crippen LogP contribution in [0.3, 0.4) is 0 Å². The Morgan fingerprint density at radius 1 is 1.44 bits per heavy atom. The summed E-state index contributed by atoms with van der Waals surface area (Å²) in [4.78, 5) is 0.680. The Labute approximate surface area is 108 Å². The van der Waals surface area contributed by atoms with E-state index in [0.717, 1.165) is 5.82 Å². The van der Waals surface area contributed by atoms with E-state index in [2.05, 4.69) is 10.2 Å². The van der Waals surface area contributed by atoms with Crippen LogP contribution in [0.4, 0.5) is 4.39 Å². The van der Waals surface area contributed by atoms with Crippen LogP contribution >= 0.6 is 11.8 Å². The first-order valence-electron chi connectivity index (χ1n) is 5.17. The molecule has 94 valence electrons. The standard InChI is InChI=1S/C11H12FN5S/c1-6-15-16-11(17(6)2)18-9-4-3-7(12)5-8(9)10(13)14/h3-5H,1-2H3,(H3,13,14). The third-order valence-electron chi connectivity index (χ3n) is 2.49. The van der Waals surface area contributed by atoms with Gasteiger partial charge in [0.05, 0.1) is 0 Å². The van der Waals surface area contributed by atoms with Crippen LogP contribution in [0.25, 0.3) is 0 Å². The molecule has 2 rings (SSSR count). The zero-order valence-electron chi connectivity index (χ0n) is 9.94. The van der Waals surface area contributed by atoms with Gasteiger partial charge in [-0.25, -0.2) is 4.39 Å². The van der Waals surface area contributed by atoms with Crippen LogP contribution < -0.4 is 5.73 Å². The topological polar surface area (TPSA) is 80.6 Å². The lowest BCUT2D eigenvalue weighted by molar-refractivity contribution is 0.626. The first-order valence-corrected chi connectivity index (χ1v) is 5.98. The largest absolute Gasteiger partial charge is 0.384 e. The minimum absolute atomic E-state index is 0.170. The summed E-state index contributed by atoms with van der Waals surface area (Å²) in [6, 6.07) is 4.16. The lowest BCUT2D eigenvalue weighted by Crippen LogP contribution is -2.12. The van der Waals surface area contributed by atoms with Gasteiger partial charge in [0, 0.05) is 17.5 Å². The Kier molecular flexibility index (Phi) is 3.33. The number of benzene rings is 1. The molecule has 3 N–H and O–H groups in total. The summed E-state index contributed by atoms with van der Waals surface area (Å²) in [5, 5.41) is 16.1. The molecule has 0 aliphatic carbocycles. The van der Waals surface area contributed by atoms with Gasteiger partial charge < -0.3 is 10.3 Å². The molecule has 0 saturated heterocycles. The Morgan fingerprint density at radius 3 is 2.72 bits per heavy atom. The predicted molar refractivity (Wildman–Crippen MR) is 67.3 cm³/mol. The fraction of sp³-hybridized carbons (Fsp3) is 0.182. The molecule has 0 saturated carbocycles. The van der Waals surface area contributed by atoms with Crippen LogP contribution in [-0.4, -0.2) is 20.6 Å². The Hall–Kier alpha value is -1.89. The Bertz CT molecular complexity index is 607. The second-order valence-electron chi connectivity index (χ2n) is 3.75. The molecule has 18 heavy (non-hydrogen) atoms. The number of nitrogen functional groups attached to an aromatic ring is 1. The average Bonchev–Trinajstić information content (AvgIpc) is 2.63. The van der Waals surface area contributed by atoms with Crippen molar-refractivity contribution in [3.05, 3.63) is 35.4 Å². The number of nitrogens with two attached hydrogens (primary N) is 1. The quantitative estimate of drug-likeness (QED) is 0.654. The van der Waals surface area contributed by atoms with Gasteiger partial charge in [-0.05, 0) is 36.9 Å². The number of halogens is 1. The van der Waals surface area contributed by atoms with Crippen LogP contribution in [0.15, 0.2) is 28.3 Å². The second-order valence-corrected chi connectivity index (χ2v) is 4.75. The average molecular weight is 265 g/mol. The van der Waals surface area contributed by atoms with E-state index >= 15 is 0 Å². The monoisotopic (exact) mass is 265 g/mol. The van der Waals surface area contributed by atoms with Gasteiger partial charge in [0.1, 0.15) is 17.5 Å². The lowest BCUT2D eigenvalue weighted by atomic mass is 10.2. The predicted octanol–water partition coefficient (Wildman–Crippen LogP) is 1.70. The van der Waals surface area contributed by atoms with Gasteiger partial charge >= 0.3 is 0 Å². The smallest absolute Gasteiger partial charge is 0.195 e. The molecule has 0 spiro atoms. The number of aromatic nitrogens is 3. The fourth-order valence-corrected chi connectivity index (χ4v) is 2.34. The summed E-state index contributed by atoms with van der Waals surface area (Å²) in [6.45, 7) is 1.84. The lowest BCUT2D eigenvalue weighted by Gasteiger charge is -2.07. The highest BCUT2D eigenvalue weighted by atomic mass is 32.2. The second kappa shape index (κ2) is 4.77. The maximum atomic E-state index is 13.1. The normalized spacial score (nSPS) is 10.6. The van der Waals surface area contributed by atoms with Crippen molar-refractivity contribution in [3.8, 4) is 0 Å². The molecule has 1 aromatic carbocycles.